The average Bonchev–Trinajstić information content (AvgIpc) is 2.67. The number of rotatable bonds is 9. The molecule has 0 saturated carbocycles. The molecule has 150 valence electrons. The molecule has 7 heteroatoms. The van der Waals surface area contributed by atoms with Crippen molar-refractivity contribution in [3.05, 3.63) is 58.1 Å². The van der Waals surface area contributed by atoms with E-state index in [1.54, 1.807) is 18.2 Å². The first-order valence-electron chi connectivity index (χ1n) is 9.17. The van der Waals surface area contributed by atoms with Crippen molar-refractivity contribution in [1.29, 1.82) is 0 Å². The summed E-state index contributed by atoms with van der Waals surface area (Å²) in [6.07, 6.45) is 0. The monoisotopic (exact) mass is 448 g/mol. The number of amides is 2. The molecule has 0 fully saturated rings. The highest BCUT2D eigenvalue weighted by molar-refractivity contribution is 9.10. The molecule has 2 aromatic rings. The predicted molar refractivity (Wildman–Crippen MR) is 112 cm³/mol. The molecule has 0 bridgehead atoms. The highest BCUT2D eigenvalue weighted by Gasteiger charge is 2.14. The van der Waals surface area contributed by atoms with Crippen LogP contribution in [-0.2, 0) is 4.79 Å². The number of ether oxygens (including phenoxy) is 2. The van der Waals surface area contributed by atoms with Gasteiger partial charge in [0, 0.05) is 10.0 Å². The summed E-state index contributed by atoms with van der Waals surface area (Å²) in [5.74, 6) is 0.470. The van der Waals surface area contributed by atoms with Crippen LogP contribution in [0.15, 0.2) is 46.9 Å². The minimum absolute atomic E-state index is 0.117. The summed E-state index contributed by atoms with van der Waals surface area (Å²) in [5.41, 5.74) is 1.38. The van der Waals surface area contributed by atoms with Crippen LogP contribution in [0.4, 0.5) is 0 Å². The quantitative estimate of drug-likeness (QED) is 0.610. The Morgan fingerprint density at radius 2 is 1.75 bits per heavy atom. The molecule has 2 amide bonds. The summed E-state index contributed by atoms with van der Waals surface area (Å²) in [6.45, 7) is 6.48. The van der Waals surface area contributed by atoms with E-state index in [9.17, 15) is 9.59 Å². The molecule has 0 saturated heterocycles. The Bertz CT molecular complexity index is 826. The number of nitrogens with one attached hydrogen (secondary N) is 2. The van der Waals surface area contributed by atoms with Gasteiger partial charge in [0.15, 0.2) is 11.5 Å². The van der Waals surface area contributed by atoms with Crippen molar-refractivity contribution in [3.63, 3.8) is 0 Å². The van der Waals surface area contributed by atoms with Crippen molar-refractivity contribution >= 4 is 27.7 Å². The first-order chi connectivity index (χ1) is 13.4. The van der Waals surface area contributed by atoms with Crippen LogP contribution in [0.5, 0.6) is 11.5 Å². The highest BCUT2D eigenvalue weighted by Crippen LogP contribution is 2.28. The van der Waals surface area contributed by atoms with E-state index in [0.29, 0.717) is 30.3 Å². The zero-order valence-corrected chi connectivity index (χ0v) is 17.8. The number of hydrogen-bond donors (Lipinski definition) is 2. The van der Waals surface area contributed by atoms with Crippen molar-refractivity contribution < 1.29 is 19.1 Å². The Morgan fingerprint density at radius 3 is 2.43 bits per heavy atom. The van der Waals surface area contributed by atoms with Crippen LogP contribution in [0.25, 0.3) is 0 Å². The van der Waals surface area contributed by atoms with E-state index in [2.05, 4.69) is 26.6 Å². The van der Waals surface area contributed by atoms with Gasteiger partial charge in [0.2, 0.25) is 5.91 Å². The Morgan fingerprint density at radius 1 is 1.04 bits per heavy atom. The van der Waals surface area contributed by atoms with Gasteiger partial charge in [0.25, 0.3) is 5.91 Å². The maximum absolute atomic E-state index is 12.4. The first kappa shape index (κ1) is 21.8. The van der Waals surface area contributed by atoms with E-state index in [1.165, 1.54) is 0 Å². The molecule has 2 N–H and O–H groups in total. The van der Waals surface area contributed by atoms with Gasteiger partial charge in [-0.15, -0.1) is 0 Å². The van der Waals surface area contributed by atoms with Crippen LogP contribution in [0, 0.1) is 0 Å². The molecule has 6 nitrogen and oxygen atoms in total. The summed E-state index contributed by atoms with van der Waals surface area (Å²) in [6, 6.07) is 12.5. The topological polar surface area (TPSA) is 76.7 Å². The van der Waals surface area contributed by atoms with Gasteiger partial charge in [-0.3, -0.25) is 9.59 Å². The van der Waals surface area contributed by atoms with E-state index in [1.807, 2.05) is 45.0 Å². The predicted octanol–water partition coefficient (Wildman–Crippen LogP) is 3.85. The van der Waals surface area contributed by atoms with Crippen LogP contribution in [0.2, 0.25) is 0 Å². The molecule has 0 aliphatic rings. The Balaban J connectivity index is 1.93. The van der Waals surface area contributed by atoms with E-state index >= 15 is 0 Å². The number of benzene rings is 2. The van der Waals surface area contributed by atoms with Crippen LogP contribution in [-0.4, -0.2) is 31.6 Å². The van der Waals surface area contributed by atoms with Crippen LogP contribution >= 0.6 is 15.9 Å². The molecule has 2 rings (SSSR count). The minimum Gasteiger partial charge on any atom is -0.490 e. The molecule has 0 aliphatic heterocycles. The van der Waals surface area contributed by atoms with E-state index in [0.717, 1.165) is 10.0 Å². The first-order valence-corrected chi connectivity index (χ1v) is 9.96. The van der Waals surface area contributed by atoms with Gasteiger partial charge in [-0.05, 0) is 56.7 Å². The van der Waals surface area contributed by atoms with Crippen molar-refractivity contribution in [2.24, 2.45) is 0 Å². The second kappa shape index (κ2) is 10.7. The number of carbonyl (C=O) groups excluding carboxylic acids is 2. The summed E-state index contributed by atoms with van der Waals surface area (Å²) >= 11 is 3.42. The smallest absolute Gasteiger partial charge is 0.251 e. The largest absolute Gasteiger partial charge is 0.490 e. The molecule has 0 heterocycles. The number of halogens is 1. The average molecular weight is 449 g/mol. The second-order valence-corrected chi connectivity index (χ2v) is 6.97. The molecular formula is C21H25BrN2O4. The molecule has 2 aromatic carbocycles. The lowest BCUT2D eigenvalue weighted by Gasteiger charge is -2.15. The standard InChI is InChI=1S/C21H25BrN2O4/c1-4-27-18-10-9-16(12-19(18)28-5-2)21(26)23-13-20(25)24-14(3)15-7-6-8-17(22)11-15/h6-12,14H,4-5,13H2,1-3H3,(H,23,26)(H,24,25). The van der Waals surface area contributed by atoms with E-state index in [-0.39, 0.29) is 24.4 Å². The molecular weight excluding hydrogens is 424 g/mol. The summed E-state index contributed by atoms with van der Waals surface area (Å²) in [4.78, 5) is 24.6. The lowest BCUT2D eigenvalue weighted by molar-refractivity contribution is -0.120. The molecule has 0 radical (unpaired) electrons. The van der Waals surface area contributed by atoms with Gasteiger partial charge in [-0.25, -0.2) is 0 Å². The van der Waals surface area contributed by atoms with Crippen LogP contribution in [0.1, 0.15) is 42.7 Å². The van der Waals surface area contributed by atoms with Gasteiger partial charge in [-0.1, -0.05) is 28.1 Å². The molecule has 1 unspecified atom stereocenters. The fourth-order valence-corrected chi connectivity index (χ4v) is 3.02. The van der Waals surface area contributed by atoms with Gasteiger partial charge in [-0.2, -0.15) is 0 Å². The summed E-state index contributed by atoms with van der Waals surface area (Å²) < 4.78 is 12.0. The van der Waals surface area contributed by atoms with Gasteiger partial charge >= 0.3 is 0 Å². The molecule has 0 aromatic heterocycles. The fraction of sp³-hybridized carbons (Fsp3) is 0.333. The van der Waals surface area contributed by atoms with E-state index < -0.39 is 0 Å². The molecule has 1 atom stereocenters. The Kier molecular flexibility index (Phi) is 8.32. The second-order valence-electron chi connectivity index (χ2n) is 6.05. The number of hydrogen-bond acceptors (Lipinski definition) is 4. The maximum atomic E-state index is 12.4. The van der Waals surface area contributed by atoms with Gasteiger partial charge < -0.3 is 20.1 Å². The summed E-state index contributed by atoms with van der Waals surface area (Å²) in [7, 11) is 0. The normalized spacial score (nSPS) is 11.4. The molecule has 0 spiro atoms. The third kappa shape index (κ3) is 6.27. The minimum atomic E-state index is -0.353. The highest BCUT2D eigenvalue weighted by atomic mass is 79.9. The molecule has 0 aliphatic carbocycles. The maximum Gasteiger partial charge on any atom is 0.251 e. The van der Waals surface area contributed by atoms with Gasteiger partial charge in [0.05, 0.1) is 25.8 Å². The summed E-state index contributed by atoms with van der Waals surface area (Å²) in [5, 5.41) is 5.50. The third-order valence-electron chi connectivity index (χ3n) is 3.94. The van der Waals surface area contributed by atoms with Crippen molar-refractivity contribution in [1.82, 2.24) is 10.6 Å². The fourth-order valence-electron chi connectivity index (χ4n) is 2.61. The Hall–Kier alpha value is -2.54. The van der Waals surface area contributed by atoms with Crippen LogP contribution in [0.3, 0.4) is 0 Å². The zero-order chi connectivity index (χ0) is 20.5. The number of carbonyl (C=O) groups is 2. The van der Waals surface area contributed by atoms with Crippen molar-refractivity contribution in [3.8, 4) is 11.5 Å². The molecule has 28 heavy (non-hydrogen) atoms. The zero-order valence-electron chi connectivity index (χ0n) is 16.3. The van der Waals surface area contributed by atoms with E-state index in [4.69, 9.17) is 9.47 Å². The Labute approximate surface area is 173 Å². The lowest BCUT2D eigenvalue weighted by atomic mass is 10.1. The van der Waals surface area contributed by atoms with Crippen LogP contribution < -0.4 is 20.1 Å². The van der Waals surface area contributed by atoms with Crippen molar-refractivity contribution in [2.45, 2.75) is 26.8 Å². The lowest BCUT2D eigenvalue weighted by Crippen LogP contribution is -2.38. The van der Waals surface area contributed by atoms with Gasteiger partial charge in [0.1, 0.15) is 0 Å². The van der Waals surface area contributed by atoms with Crippen molar-refractivity contribution in [2.75, 3.05) is 19.8 Å². The third-order valence-corrected chi connectivity index (χ3v) is 4.43. The SMILES string of the molecule is CCOc1ccc(C(=O)NCC(=O)NC(C)c2cccc(Br)c2)cc1OCC.